The molecule has 1 aromatic heterocycles. The van der Waals surface area contributed by atoms with Crippen molar-refractivity contribution in [3.05, 3.63) is 12.0 Å². The van der Waals surface area contributed by atoms with Crippen molar-refractivity contribution < 1.29 is 5.11 Å². The van der Waals surface area contributed by atoms with Crippen LogP contribution in [0.25, 0.3) is 0 Å². The summed E-state index contributed by atoms with van der Waals surface area (Å²) in [5.41, 5.74) is 0. The van der Waals surface area contributed by atoms with Gasteiger partial charge in [0.25, 0.3) is 0 Å². The van der Waals surface area contributed by atoms with Crippen LogP contribution in [0.4, 0.5) is 5.82 Å². The second-order valence-electron chi connectivity index (χ2n) is 2.43. The highest BCUT2D eigenvalue weighted by Gasteiger charge is 1.97. The Morgan fingerprint density at radius 3 is 2.91 bits per heavy atom. The lowest BCUT2D eigenvalue weighted by molar-refractivity contribution is 0.311. The van der Waals surface area contributed by atoms with Gasteiger partial charge in [0.05, 0.1) is 6.61 Å². The van der Waals surface area contributed by atoms with Crippen LogP contribution >= 0.6 is 0 Å². The average molecular weight is 155 g/mol. The first-order valence-corrected chi connectivity index (χ1v) is 3.58. The Morgan fingerprint density at radius 2 is 2.45 bits per heavy atom. The van der Waals surface area contributed by atoms with Crippen LogP contribution in [0.5, 0.6) is 0 Å². The number of nitrogens with zero attached hydrogens (tertiary/aromatic N) is 2. The van der Waals surface area contributed by atoms with E-state index in [1.54, 1.807) is 0 Å². The standard InChI is InChI=1S/C7H13N3O/c1-6-9-7(5-10(6)2)8-3-4-11/h5,8,11H,3-4H2,1-2H3. The molecule has 4 nitrogen and oxygen atoms in total. The number of nitrogens with one attached hydrogen (secondary N) is 1. The molecule has 0 amide bonds. The van der Waals surface area contributed by atoms with Crippen molar-refractivity contribution in [2.75, 3.05) is 18.5 Å². The van der Waals surface area contributed by atoms with Crippen molar-refractivity contribution >= 4 is 5.82 Å². The van der Waals surface area contributed by atoms with E-state index in [4.69, 9.17) is 5.11 Å². The second-order valence-corrected chi connectivity index (χ2v) is 2.43. The van der Waals surface area contributed by atoms with Gasteiger partial charge >= 0.3 is 0 Å². The van der Waals surface area contributed by atoms with Crippen LogP contribution in [-0.4, -0.2) is 27.8 Å². The largest absolute Gasteiger partial charge is 0.395 e. The number of aliphatic hydroxyl groups is 1. The lowest BCUT2D eigenvalue weighted by Gasteiger charge is -1.96. The zero-order valence-corrected chi connectivity index (χ0v) is 6.83. The average Bonchev–Trinajstić information content (AvgIpc) is 2.28. The molecule has 0 atom stereocenters. The summed E-state index contributed by atoms with van der Waals surface area (Å²) < 4.78 is 1.93. The maximum Gasteiger partial charge on any atom is 0.144 e. The highest BCUT2D eigenvalue weighted by Crippen LogP contribution is 2.04. The summed E-state index contributed by atoms with van der Waals surface area (Å²) in [4.78, 5) is 4.19. The van der Waals surface area contributed by atoms with Crippen molar-refractivity contribution in [3.63, 3.8) is 0 Å². The van der Waals surface area contributed by atoms with Gasteiger partial charge in [-0.3, -0.25) is 0 Å². The molecule has 0 saturated carbocycles. The van der Waals surface area contributed by atoms with Gasteiger partial charge in [0, 0.05) is 19.8 Å². The van der Waals surface area contributed by atoms with Crippen molar-refractivity contribution in [1.29, 1.82) is 0 Å². The summed E-state index contributed by atoms with van der Waals surface area (Å²) in [6, 6.07) is 0. The van der Waals surface area contributed by atoms with Crippen molar-refractivity contribution in [2.45, 2.75) is 6.92 Å². The smallest absolute Gasteiger partial charge is 0.144 e. The first kappa shape index (κ1) is 8.07. The minimum Gasteiger partial charge on any atom is -0.395 e. The van der Waals surface area contributed by atoms with Crippen molar-refractivity contribution in [1.82, 2.24) is 9.55 Å². The highest BCUT2D eigenvalue weighted by molar-refractivity contribution is 5.32. The molecule has 0 aromatic carbocycles. The van der Waals surface area contributed by atoms with Gasteiger partial charge in [0.2, 0.25) is 0 Å². The van der Waals surface area contributed by atoms with Gasteiger partial charge in [-0.25, -0.2) is 4.98 Å². The fourth-order valence-electron chi connectivity index (χ4n) is 0.828. The summed E-state index contributed by atoms with van der Waals surface area (Å²) >= 11 is 0. The second kappa shape index (κ2) is 3.39. The first-order chi connectivity index (χ1) is 5.24. The molecule has 0 aliphatic heterocycles. The highest BCUT2D eigenvalue weighted by atomic mass is 16.3. The molecular formula is C7H13N3O. The Balaban J connectivity index is 2.58. The van der Waals surface area contributed by atoms with E-state index in [9.17, 15) is 0 Å². The number of rotatable bonds is 3. The maximum absolute atomic E-state index is 8.51. The van der Waals surface area contributed by atoms with Gasteiger partial charge in [0.15, 0.2) is 0 Å². The fraction of sp³-hybridized carbons (Fsp3) is 0.571. The minimum absolute atomic E-state index is 0.135. The van der Waals surface area contributed by atoms with Gasteiger partial charge in [-0.05, 0) is 6.92 Å². The van der Waals surface area contributed by atoms with E-state index in [-0.39, 0.29) is 6.61 Å². The number of hydrogen-bond donors (Lipinski definition) is 2. The Hall–Kier alpha value is -1.03. The molecule has 1 heterocycles. The molecule has 2 N–H and O–H groups in total. The van der Waals surface area contributed by atoms with E-state index >= 15 is 0 Å². The van der Waals surface area contributed by atoms with Crippen LogP contribution in [0.15, 0.2) is 6.20 Å². The van der Waals surface area contributed by atoms with Crippen LogP contribution < -0.4 is 5.32 Å². The summed E-state index contributed by atoms with van der Waals surface area (Å²) in [5.74, 6) is 1.78. The lowest BCUT2D eigenvalue weighted by atomic mass is 10.6. The molecule has 0 bridgehead atoms. The third-order valence-corrected chi connectivity index (χ3v) is 1.53. The number of aryl methyl sites for hydroxylation is 2. The Bertz CT molecular complexity index is 212. The zero-order chi connectivity index (χ0) is 8.27. The predicted octanol–water partition coefficient (Wildman–Crippen LogP) is 0.133. The molecule has 0 fully saturated rings. The molecular weight excluding hydrogens is 142 g/mol. The van der Waals surface area contributed by atoms with E-state index in [0.29, 0.717) is 6.54 Å². The molecule has 0 saturated heterocycles. The van der Waals surface area contributed by atoms with Crippen molar-refractivity contribution in [2.24, 2.45) is 7.05 Å². The maximum atomic E-state index is 8.51. The molecule has 11 heavy (non-hydrogen) atoms. The summed E-state index contributed by atoms with van der Waals surface area (Å²) in [7, 11) is 1.94. The van der Waals surface area contributed by atoms with Gasteiger partial charge in [-0.1, -0.05) is 0 Å². The zero-order valence-electron chi connectivity index (χ0n) is 6.83. The van der Waals surface area contributed by atoms with E-state index in [1.807, 2.05) is 24.7 Å². The van der Waals surface area contributed by atoms with Gasteiger partial charge in [-0.15, -0.1) is 0 Å². The Morgan fingerprint density at radius 1 is 1.73 bits per heavy atom. The molecule has 0 aliphatic carbocycles. The Labute approximate surface area is 65.9 Å². The molecule has 62 valence electrons. The summed E-state index contributed by atoms with van der Waals surface area (Å²) in [6.45, 7) is 2.62. The number of imidazole rings is 1. The lowest BCUT2D eigenvalue weighted by Crippen LogP contribution is -2.05. The predicted molar refractivity (Wildman–Crippen MR) is 43.5 cm³/mol. The van der Waals surface area contributed by atoms with Crippen LogP contribution in [0.3, 0.4) is 0 Å². The monoisotopic (exact) mass is 155 g/mol. The van der Waals surface area contributed by atoms with E-state index in [1.165, 1.54) is 0 Å². The number of aliphatic hydroxyl groups excluding tert-OH is 1. The van der Waals surface area contributed by atoms with Crippen LogP contribution in [0.1, 0.15) is 5.82 Å². The summed E-state index contributed by atoms with van der Waals surface area (Å²) in [6.07, 6.45) is 1.89. The number of aromatic nitrogens is 2. The normalized spacial score (nSPS) is 10.1. The van der Waals surface area contributed by atoms with Crippen molar-refractivity contribution in [3.8, 4) is 0 Å². The van der Waals surface area contributed by atoms with Crippen LogP contribution in [-0.2, 0) is 7.05 Å². The van der Waals surface area contributed by atoms with Gasteiger partial charge < -0.3 is 15.0 Å². The number of hydrogen-bond acceptors (Lipinski definition) is 3. The molecule has 4 heteroatoms. The van der Waals surface area contributed by atoms with Gasteiger partial charge in [0.1, 0.15) is 11.6 Å². The SMILES string of the molecule is Cc1nc(NCCO)cn1C. The molecule has 0 unspecified atom stereocenters. The third-order valence-electron chi connectivity index (χ3n) is 1.53. The number of anilines is 1. The molecule has 1 rings (SSSR count). The molecule has 0 aliphatic rings. The first-order valence-electron chi connectivity index (χ1n) is 3.58. The fourth-order valence-corrected chi connectivity index (χ4v) is 0.828. The minimum atomic E-state index is 0.135. The Kier molecular flexibility index (Phi) is 2.48. The molecule has 0 spiro atoms. The van der Waals surface area contributed by atoms with E-state index in [0.717, 1.165) is 11.6 Å². The topological polar surface area (TPSA) is 50.1 Å². The third kappa shape index (κ3) is 1.94. The van der Waals surface area contributed by atoms with E-state index in [2.05, 4.69) is 10.3 Å². The van der Waals surface area contributed by atoms with Crippen LogP contribution in [0.2, 0.25) is 0 Å². The van der Waals surface area contributed by atoms with Crippen LogP contribution in [0, 0.1) is 6.92 Å². The summed E-state index contributed by atoms with van der Waals surface area (Å²) in [5, 5.41) is 11.5. The molecule has 1 aromatic rings. The molecule has 0 radical (unpaired) electrons. The quantitative estimate of drug-likeness (QED) is 0.652. The van der Waals surface area contributed by atoms with Gasteiger partial charge in [-0.2, -0.15) is 0 Å². The van der Waals surface area contributed by atoms with E-state index < -0.39 is 0 Å².